The van der Waals surface area contributed by atoms with E-state index in [9.17, 15) is 8.42 Å². The van der Waals surface area contributed by atoms with Crippen molar-refractivity contribution in [1.29, 1.82) is 0 Å². The highest BCUT2D eigenvalue weighted by Crippen LogP contribution is 2.13. The molecule has 1 saturated heterocycles. The SMILES string of the molecule is CN(C)S(=O)(=O)N1CCN(Cc2cnn(-c3ccccc3)c2)CC1. The first-order chi connectivity index (χ1) is 11.5. The standard InChI is InChI=1S/C16H23N5O2S/c1-18(2)24(22,23)20-10-8-19(9-11-20)13-15-12-17-21(14-15)16-6-4-3-5-7-16/h3-7,12,14H,8-11,13H2,1-2H3. The molecule has 1 fully saturated rings. The normalized spacial score (nSPS) is 17.5. The van der Waals surface area contributed by atoms with Gasteiger partial charge in [0.15, 0.2) is 0 Å². The third kappa shape index (κ3) is 3.67. The lowest BCUT2D eigenvalue weighted by Gasteiger charge is -2.34. The molecule has 1 aromatic heterocycles. The monoisotopic (exact) mass is 349 g/mol. The Kier molecular flexibility index (Phi) is 5.00. The number of hydrogen-bond acceptors (Lipinski definition) is 4. The summed E-state index contributed by atoms with van der Waals surface area (Å²) in [7, 11) is -0.166. The van der Waals surface area contributed by atoms with Crippen LogP contribution < -0.4 is 0 Å². The topological polar surface area (TPSA) is 61.7 Å². The molecule has 2 heterocycles. The number of nitrogens with zero attached hydrogens (tertiary/aromatic N) is 5. The fraction of sp³-hybridized carbons (Fsp3) is 0.438. The molecule has 0 bridgehead atoms. The van der Waals surface area contributed by atoms with Crippen LogP contribution in [0.25, 0.3) is 5.69 Å². The minimum atomic E-state index is -3.30. The molecule has 2 aromatic rings. The van der Waals surface area contributed by atoms with Crippen molar-refractivity contribution in [3.63, 3.8) is 0 Å². The molecule has 0 unspecified atom stereocenters. The minimum absolute atomic E-state index is 0.521. The van der Waals surface area contributed by atoms with E-state index in [4.69, 9.17) is 0 Å². The highest BCUT2D eigenvalue weighted by Gasteiger charge is 2.28. The van der Waals surface area contributed by atoms with Crippen LogP contribution in [0, 0.1) is 0 Å². The second-order valence-electron chi connectivity index (χ2n) is 6.09. The Balaban J connectivity index is 1.58. The quantitative estimate of drug-likeness (QED) is 0.801. The average molecular weight is 349 g/mol. The fourth-order valence-corrected chi connectivity index (χ4v) is 3.86. The summed E-state index contributed by atoms with van der Waals surface area (Å²) in [4.78, 5) is 2.26. The van der Waals surface area contributed by atoms with Crippen molar-refractivity contribution in [3.05, 3.63) is 48.3 Å². The first kappa shape index (κ1) is 17.1. The Morgan fingerprint density at radius 1 is 1.08 bits per heavy atom. The summed E-state index contributed by atoms with van der Waals surface area (Å²) in [5, 5.41) is 4.41. The van der Waals surface area contributed by atoms with Crippen molar-refractivity contribution in [2.45, 2.75) is 6.54 Å². The van der Waals surface area contributed by atoms with E-state index in [0.717, 1.165) is 30.9 Å². The van der Waals surface area contributed by atoms with Gasteiger partial charge in [-0.3, -0.25) is 4.90 Å². The maximum Gasteiger partial charge on any atom is 0.281 e. The Morgan fingerprint density at radius 2 is 1.75 bits per heavy atom. The molecular formula is C16H23N5O2S. The molecule has 0 atom stereocenters. The van der Waals surface area contributed by atoms with Crippen LogP contribution in [0.2, 0.25) is 0 Å². The van der Waals surface area contributed by atoms with Crippen LogP contribution in [0.5, 0.6) is 0 Å². The Bertz CT molecular complexity index is 765. The van der Waals surface area contributed by atoms with E-state index < -0.39 is 10.2 Å². The number of para-hydroxylation sites is 1. The van der Waals surface area contributed by atoms with Crippen LogP contribution in [-0.4, -0.2) is 72.0 Å². The van der Waals surface area contributed by atoms with E-state index in [-0.39, 0.29) is 0 Å². The summed E-state index contributed by atoms with van der Waals surface area (Å²) >= 11 is 0. The summed E-state index contributed by atoms with van der Waals surface area (Å²) < 4.78 is 28.9. The van der Waals surface area contributed by atoms with Gasteiger partial charge in [0.25, 0.3) is 10.2 Å². The van der Waals surface area contributed by atoms with Gasteiger partial charge >= 0.3 is 0 Å². The molecule has 7 nitrogen and oxygen atoms in total. The maximum atomic E-state index is 12.1. The zero-order valence-electron chi connectivity index (χ0n) is 14.0. The van der Waals surface area contributed by atoms with Gasteiger partial charge < -0.3 is 0 Å². The smallest absolute Gasteiger partial charge is 0.281 e. The van der Waals surface area contributed by atoms with E-state index in [2.05, 4.69) is 10.00 Å². The first-order valence-corrected chi connectivity index (χ1v) is 9.35. The molecule has 0 radical (unpaired) electrons. The van der Waals surface area contributed by atoms with Gasteiger partial charge in [-0.25, -0.2) is 4.68 Å². The van der Waals surface area contributed by atoms with E-state index in [1.54, 1.807) is 14.1 Å². The van der Waals surface area contributed by atoms with Gasteiger partial charge in [-0.1, -0.05) is 18.2 Å². The van der Waals surface area contributed by atoms with E-state index >= 15 is 0 Å². The molecule has 3 rings (SSSR count). The van der Waals surface area contributed by atoms with Gasteiger partial charge in [0, 0.05) is 58.6 Å². The third-order valence-corrected chi connectivity index (χ3v) is 6.12. The molecule has 130 valence electrons. The lowest BCUT2D eigenvalue weighted by atomic mass is 10.3. The van der Waals surface area contributed by atoms with Crippen LogP contribution in [0.3, 0.4) is 0 Å². The van der Waals surface area contributed by atoms with Crippen molar-refractivity contribution in [3.8, 4) is 5.69 Å². The molecule has 0 saturated carbocycles. The summed E-state index contributed by atoms with van der Waals surface area (Å²) in [6, 6.07) is 9.99. The first-order valence-electron chi connectivity index (χ1n) is 7.96. The van der Waals surface area contributed by atoms with Crippen LogP contribution in [0.15, 0.2) is 42.7 Å². The van der Waals surface area contributed by atoms with E-state index in [0.29, 0.717) is 13.1 Å². The van der Waals surface area contributed by atoms with Crippen molar-refractivity contribution >= 4 is 10.2 Å². The zero-order valence-corrected chi connectivity index (χ0v) is 14.9. The van der Waals surface area contributed by atoms with E-state index in [1.165, 1.54) is 8.61 Å². The van der Waals surface area contributed by atoms with Crippen LogP contribution in [0.4, 0.5) is 0 Å². The molecule has 1 aliphatic heterocycles. The van der Waals surface area contributed by atoms with Gasteiger partial charge in [0.1, 0.15) is 0 Å². The van der Waals surface area contributed by atoms with Crippen LogP contribution in [-0.2, 0) is 16.8 Å². The highest BCUT2D eigenvalue weighted by atomic mass is 32.2. The van der Waals surface area contributed by atoms with Crippen molar-refractivity contribution in [2.24, 2.45) is 0 Å². The molecule has 0 N–H and O–H groups in total. The van der Waals surface area contributed by atoms with Gasteiger partial charge in [-0.2, -0.15) is 22.1 Å². The van der Waals surface area contributed by atoms with Crippen molar-refractivity contribution in [2.75, 3.05) is 40.3 Å². The minimum Gasteiger partial charge on any atom is -0.296 e. The van der Waals surface area contributed by atoms with E-state index in [1.807, 2.05) is 47.4 Å². The largest absolute Gasteiger partial charge is 0.296 e. The van der Waals surface area contributed by atoms with Gasteiger partial charge in [-0.05, 0) is 12.1 Å². The lowest BCUT2D eigenvalue weighted by molar-refractivity contribution is 0.177. The number of hydrogen-bond donors (Lipinski definition) is 0. The second-order valence-corrected chi connectivity index (χ2v) is 8.24. The zero-order chi connectivity index (χ0) is 17.2. The molecule has 1 aromatic carbocycles. The average Bonchev–Trinajstić information content (AvgIpc) is 3.04. The maximum absolute atomic E-state index is 12.1. The summed E-state index contributed by atoms with van der Waals surface area (Å²) in [5.41, 5.74) is 2.16. The summed E-state index contributed by atoms with van der Waals surface area (Å²) in [6.07, 6.45) is 3.90. The lowest BCUT2D eigenvalue weighted by Crippen LogP contribution is -2.51. The van der Waals surface area contributed by atoms with Crippen LogP contribution in [0.1, 0.15) is 5.56 Å². The Morgan fingerprint density at radius 3 is 2.38 bits per heavy atom. The summed E-state index contributed by atoms with van der Waals surface area (Å²) in [5.74, 6) is 0. The fourth-order valence-electron chi connectivity index (χ4n) is 2.77. The molecule has 0 amide bonds. The molecule has 0 aliphatic carbocycles. The number of aromatic nitrogens is 2. The van der Waals surface area contributed by atoms with Gasteiger partial charge in [0.2, 0.25) is 0 Å². The number of rotatable bonds is 5. The molecule has 1 aliphatic rings. The number of benzene rings is 1. The Hall–Kier alpha value is -1.74. The predicted molar refractivity (Wildman–Crippen MR) is 93.0 cm³/mol. The second kappa shape index (κ2) is 7.02. The summed E-state index contributed by atoms with van der Waals surface area (Å²) in [6.45, 7) is 3.27. The predicted octanol–water partition coefficient (Wildman–Crippen LogP) is 0.796. The molecule has 0 spiro atoms. The molecule has 8 heteroatoms. The van der Waals surface area contributed by atoms with Crippen molar-refractivity contribution in [1.82, 2.24) is 23.3 Å². The molecule has 24 heavy (non-hydrogen) atoms. The Labute approximate surface area is 143 Å². The number of piperazine rings is 1. The highest BCUT2D eigenvalue weighted by molar-refractivity contribution is 7.86. The molecular weight excluding hydrogens is 326 g/mol. The third-order valence-electron chi connectivity index (χ3n) is 4.18. The van der Waals surface area contributed by atoms with Crippen LogP contribution >= 0.6 is 0 Å². The van der Waals surface area contributed by atoms with Crippen molar-refractivity contribution < 1.29 is 8.42 Å². The van der Waals surface area contributed by atoms with Gasteiger partial charge in [0.05, 0.1) is 11.9 Å². The van der Waals surface area contributed by atoms with Gasteiger partial charge in [-0.15, -0.1) is 0 Å².